The van der Waals surface area contributed by atoms with Crippen LogP contribution in [0.3, 0.4) is 0 Å². The van der Waals surface area contributed by atoms with Crippen molar-refractivity contribution in [2.24, 2.45) is 5.92 Å². The second kappa shape index (κ2) is 14.8. The van der Waals surface area contributed by atoms with Crippen LogP contribution in [-0.2, 0) is 21.4 Å². The number of aldehydes is 1. The number of hydrogen-bond acceptors (Lipinski definition) is 8. The molecule has 0 amide bonds. The average Bonchev–Trinajstić information content (AvgIpc) is 2.87. The molecule has 1 fully saturated rings. The number of carbonyl (C=O) groups excluding carboxylic acids is 1. The molecule has 212 valence electrons. The van der Waals surface area contributed by atoms with Gasteiger partial charge in [0.1, 0.15) is 30.1 Å². The third-order valence-electron chi connectivity index (χ3n) is 6.68. The fourth-order valence-corrected chi connectivity index (χ4v) is 5.39. The molecule has 38 heavy (non-hydrogen) atoms. The smallest absolute Gasteiger partial charge is 0.208 e. The van der Waals surface area contributed by atoms with E-state index in [-0.39, 0.29) is 30.8 Å². The van der Waals surface area contributed by atoms with Crippen LogP contribution >= 0.6 is 24.0 Å². The molecule has 2 aromatic rings. The molecule has 9 nitrogen and oxygen atoms in total. The molecule has 0 saturated carbocycles. The van der Waals surface area contributed by atoms with Gasteiger partial charge in [-0.05, 0) is 67.1 Å². The summed E-state index contributed by atoms with van der Waals surface area (Å²) in [7, 11) is -0.0202. The van der Waals surface area contributed by atoms with Gasteiger partial charge in [0.2, 0.25) is 10.0 Å². The van der Waals surface area contributed by atoms with Crippen LogP contribution in [0.25, 0.3) is 0 Å². The number of carbonyl (C=O) groups is 1. The molecule has 1 unspecified atom stereocenters. The van der Waals surface area contributed by atoms with Crippen molar-refractivity contribution < 1.29 is 27.4 Å². The minimum Gasteiger partial charge on any atom is -0.497 e. The minimum absolute atomic E-state index is 0. The Hall–Kier alpha value is -2.24. The first-order valence-electron chi connectivity index (χ1n) is 12.2. The van der Waals surface area contributed by atoms with Crippen molar-refractivity contribution in [2.75, 3.05) is 52.4 Å². The molecule has 0 bridgehead atoms. The molecule has 2 aromatic carbocycles. The van der Waals surface area contributed by atoms with Gasteiger partial charge < -0.3 is 29.6 Å². The molecule has 0 aliphatic carbocycles. The predicted molar refractivity (Wildman–Crippen MR) is 152 cm³/mol. The number of likely N-dealkylation sites (tertiary alicyclic amines) is 1. The molecule has 1 saturated heterocycles. The van der Waals surface area contributed by atoms with Crippen molar-refractivity contribution in [3.05, 3.63) is 46.5 Å². The van der Waals surface area contributed by atoms with Crippen LogP contribution in [0.1, 0.15) is 36.3 Å². The Kier molecular flexibility index (Phi) is 12.4. The summed E-state index contributed by atoms with van der Waals surface area (Å²) in [5.74, 6) is 2.07. The van der Waals surface area contributed by atoms with E-state index in [0.717, 1.165) is 49.6 Å². The summed E-state index contributed by atoms with van der Waals surface area (Å²) in [6, 6.07) is 9.07. The maximum Gasteiger partial charge on any atom is 0.208 e. The lowest BCUT2D eigenvalue weighted by molar-refractivity contribution is -0.108. The van der Waals surface area contributed by atoms with E-state index in [1.54, 1.807) is 26.4 Å². The normalized spacial score (nSPS) is 15.4. The zero-order valence-electron chi connectivity index (χ0n) is 21.9. The molecule has 3 rings (SSSR count). The summed E-state index contributed by atoms with van der Waals surface area (Å²) in [5.41, 5.74) is 8.24. The molecule has 1 aliphatic rings. The SMILES string of the molecule is COc1cc(COc2cc(N)c(Cl)cc2C(CC=O)C2CCN(CCNS(C)(=O)=O)CC2)cc(OC)c1.Cl. The number of nitrogens with one attached hydrogen (secondary N) is 1. The van der Waals surface area contributed by atoms with Crippen LogP contribution in [0.15, 0.2) is 30.3 Å². The topological polar surface area (TPSA) is 120 Å². The van der Waals surface area contributed by atoms with E-state index < -0.39 is 10.0 Å². The number of piperidine rings is 1. The zero-order chi connectivity index (χ0) is 27.0. The summed E-state index contributed by atoms with van der Waals surface area (Å²) >= 11 is 6.42. The van der Waals surface area contributed by atoms with Crippen LogP contribution < -0.4 is 24.7 Å². The first-order valence-corrected chi connectivity index (χ1v) is 14.4. The summed E-state index contributed by atoms with van der Waals surface area (Å²) in [4.78, 5) is 13.9. The number of anilines is 1. The Balaban J connectivity index is 0.00000507. The number of nitrogen functional groups attached to an aromatic ring is 1. The highest BCUT2D eigenvalue weighted by Gasteiger charge is 2.30. The van der Waals surface area contributed by atoms with Gasteiger partial charge in [0.05, 0.1) is 31.2 Å². The van der Waals surface area contributed by atoms with Crippen molar-refractivity contribution in [3.8, 4) is 17.2 Å². The molecule has 12 heteroatoms. The van der Waals surface area contributed by atoms with Gasteiger partial charge in [-0.25, -0.2) is 13.1 Å². The number of nitrogens with zero attached hydrogens (tertiary/aromatic N) is 1. The zero-order valence-corrected chi connectivity index (χ0v) is 24.3. The predicted octanol–water partition coefficient (Wildman–Crippen LogP) is 3.87. The van der Waals surface area contributed by atoms with Crippen molar-refractivity contribution in [1.29, 1.82) is 0 Å². The second-order valence-electron chi connectivity index (χ2n) is 9.28. The standard InChI is InChI=1S/C26H36ClN3O6S.ClH/c1-34-20-12-18(13-21(14-20)35-2)17-36-26-16-25(28)24(27)15-23(26)22(6-11-31)19-4-8-30(9-5-19)10-7-29-37(3,32)33;/h11-16,19,22,29H,4-10,17,28H2,1-3H3;1H. The van der Waals surface area contributed by atoms with Crippen LogP contribution in [-0.4, -0.2) is 66.3 Å². The number of halogens is 2. The lowest BCUT2D eigenvalue weighted by Crippen LogP contribution is -2.40. The van der Waals surface area contributed by atoms with Gasteiger partial charge in [0.15, 0.2) is 0 Å². The quantitative estimate of drug-likeness (QED) is 0.267. The van der Waals surface area contributed by atoms with E-state index in [9.17, 15) is 13.2 Å². The van der Waals surface area contributed by atoms with E-state index in [2.05, 4.69) is 9.62 Å². The van der Waals surface area contributed by atoms with Crippen molar-refractivity contribution >= 4 is 46.0 Å². The monoisotopic (exact) mass is 589 g/mol. The van der Waals surface area contributed by atoms with E-state index in [1.807, 2.05) is 18.2 Å². The van der Waals surface area contributed by atoms with Crippen LogP contribution in [0.4, 0.5) is 5.69 Å². The fourth-order valence-electron chi connectivity index (χ4n) is 4.76. The number of benzene rings is 2. The summed E-state index contributed by atoms with van der Waals surface area (Å²) in [5, 5.41) is 0.422. The number of hydrogen-bond donors (Lipinski definition) is 2. The Morgan fingerprint density at radius 1 is 1.13 bits per heavy atom. The molecule has 0 aromatic heterocycles. The molecule has 0 spiro atoms. The van der Waals surface area contributed by atoms with Crippen LogP contribution in [0, 0.1) is 5.92 Å². The molecule has 0 radical (unpaired) electrons. The van der Waals surface area contributed by atoms with Crippen LogP contribution in [0.2, 0.25) is 5.02 Å². The summed E-state index contributed by atoms with van der Waals surface area (Å²) in [6.45, 7) is 2.90. The number of sulfonamides is 1. The lowest BCUT2D eigenvalue weighted by Gasteiger charge is -2.36. The molecule has 1 atom stereocenters. The Bertz CT molecular complexity index is 1150. The van der Waals surface area contributed by atoms with Gasteiger partial charge in [0, 0.05) is 31.6 Å². The lowest BCUT2D eigenvalue weighted by atomic mass is 9.78. The largest absolute Gasteiger partial charge is 0.497 e. The Labute approximate surface area is 236 Å². The highest BCUT2D eigenvalue weighted by atomic mass is 35.5. The van der Waals surface area contributed by atoms with Gasteiger partial charge in [0.25, 0.3) is 0 Å². The summed E-state index contributed by atoms with van der Waals surface area (Å²) in [6.07, 6.45) is 4.17. The number of ether oxygens (including phenoxy) is 3. The Morgan fingerprint density at radius 3 is 2.32 bits per heavy atom. The average molecular weight is 591 g/mol. The highest BCUT2D eigenvalue weighted by Crippen LogP contribution is 2.42. The first-order chi connectivity index (χ1) is 17.6. The van der Waals surface area contributed by atoms with Gasteiger partial charge in [-0.3, -0.25) is 0 Å². The molecular weight excluding hydrogens is 553 g/mol. The second-order valence-corrected chi connectivity index (χ2v) is 11.5. The van der Waals surface area contributed by atoms with E-state index in [4.69, 9.17) is 31.5 Å². The molecular formula is C26H37Cl2N3O6S. The third kappa shape index (κ3) is 9.20. The molecule has 3 N–H and O–H groups in total. The van der Waals surface area contributed by atoms with Gasteiger partial charge in [-0.2, -0.15) is 0 Å². The van der Waals surface area contributed by atoms with Gasteiger partial charge in [-0.15, -0.1) is 12.4 Å². The number of rotatable bonds is 13. The maximum atomic E-state index is 11.7. The minimum atomic E-state index is -3.20. The third-order valence-corrected chi connectivity index (χ3v) is 7.73. The van der Waals surface area contributed by atoms with Gasteiger partial charge in [-0.1, -0.05) is 11.6 Å². The summed E-state index contributed by atoms with van der Waals surface area (Å²) < 4.78 is 42.1. The van der Waals surface area contributed by atoms with Gasteiger partial charge >= 0.3 is 0 Å². The van der Waals surface area contributed by atoms with Crippen molar-refractivity contribution in [1.82, 2.24) is 9.62 Å². The molecule has 1 heterocycles. The fraction of sp³-hybridized carbons (Fsp3) is 0.500. The Morgan fingerprint density at radius 2 is 1.76 bits per heavy atom. The number of methoxy groups -OCH3 is 2. The van der Waals surface area contributed by atoms with Crippen LogP contribution in [0.5, 0.6) is 17.2 Å². The first kappa shape index (κ1) is 32.0. The molecule has 1 aliphatic heterocycles. The van der Waals surface area contributed by atoms with E-state index in [0.29, 0.717) is 47.5 Å². The highest BCUT2D eigenvalue weighted by molar-refractivity contribution is 7.88. The van der Waals surface area contributed by atoms with E-state index in [1.165, 1.54) is 0 Å². The van der Waals surface area contributed by atoms with E-state index >= 15 is 0 Å². The van der Waals surface area contributed by atoms with Crippen molar-refractivity contribution in [2.45, 2.75) is 31.8 Å². The van der Waals surface area contributed by atoms with Crippen molar-refractivity contribution in [3.63, 3.8) is 0 Å². The maximum absolute atomic E-state index is 11.7. The number of nitrogens with two attached hydrogens (primary N) is 1.